The van der Waals surface area contributed by atoms with Crippen LogP contribution >= 0.6 is 0 Å². The molecule has 0 bridgehead atoms. The van der Waals surface area contributed by atoms with Crippen LogP contribution in [0.4, 0.5) is 0 Å². The SMILES string of the molecule is C#CCCC(N)c1ncn[nH]1. The van der Waals surface area contributed by atoms with Gasteiger partial charge in [-0.15, -0.1) is 12.3 Å². The summed E-state index contributed by atoms with van der Waals surface area (Å²) in [5.41, 5.74) is 5.70. The third-order valence-electron chi connectivity index (χ3n) is 1.38. The Kier molecular flexibility index (Phi) is 2.64. The van der Waals surface area contributed by atoms with Crippen LogP contribution in [0.15, 0.2) is 6.33 Å². The summed E-state index contributed by atoms with van der Waals surface area (Å²) >= 11 is 0. The van der Waals surface area contributed by atoms with Crippen LogP contribution in [0.1, 0.15) is 24.7 Å². The lowest BCUT2D eigenvalue weighted by molar-refractivity contribution is 0.628. The first-order valence-electron chi connectivity index (χ1n) is 3.39. The highest BCUT2D eigenvalue weighted by atomic mass is 15.2. The van der Waals surface area contributed by atoms with E-state index in [4.69, 9.17) is 12.2 Å². The van der Waals surface area contributed by atoms with Crippen molar-refractivity contribution < 1.29 is 0 Å². The second-order valence-corrected chi connectivity index (χ2v) is 2.22. The molecule has 11 heavy (non-hydrogen) atoms. The van der Waals surface area contributed by atoms with E-state index in [1.54, 1.807) is 0 Å². The Bertz CT molecular complexity index is 233. The Morgan fingerprint density at radius 3 is 3.18 bits per heavy atom. The third kappa shape index (κ3) is 2.06. The van der Waals surface area contributed by atoms with Crippen LogP contribution < -0.4 is 5.73 Å². The number of hydrogen-bond donors (Lipinski definition) is 2. The van der Waals surface area contributed by atoms with Crippen molar-refractivity contribution in [2.24, 2.45) is 5.73 Å². The summed E-state index contributed by atoms with van der Waals surface area (Å²) in [7, 11) is 0. The molecule has 1 unspecified atom stereocenters. The first-order valence-corrected chi connectivity index (χ1v) is 3.39. The number of rotatable bonds is 3. The van der Waals surface area contributed by atoms with Gasteiger partial charge in [-0.25, -0.2) is 4.98 Å². The molecule has 58 valence electrons. The van der Waals surface area contributed by atoms with Gasteiger partial charge in [0.15, 0.2) is 0 Å². The molecule has 0 radical (unpaired) electrons. The largest absolute Gasteiger partial charge is 0.321 e. The average molecular weight is 150 g/mol. The minimum atomic E-state index is -0.117. The van der Waals surface area contributed by atoms with Crippen molar-refractivity contribution in [1.29, 1.82) is 0 Å². The summed E-state index contributed by atoms with van der Waals surface area (Å²) in [6.45, 7) is 0. The van der Waals surface area contributed by atoms with E-state index in [2.05, 4.69) is 21.1 Å². The van der Waals surface area contributed by atoms with Crippen molar-refractivity contribution in [1.82, 2.24) is 15.2 Å². The summed E-state index contributed by atoms with van der Waals surface area (Å²) in [5, 5.41) is 6.37. The average Bonchev–Trinajstić information content (AvgIpc) is 2.52. The maximum Gasteiger partial charge on any atom is 0.141 e. The molecule has 0 saturated carbocycles. The quantitative estimate of drug-likeness (QED) is 0.605. The predicted octanol–water partition coefficient (Wildman–Crippen LogP) is 0.218. The monoisotopic (exact) mass is 150 g/mol. The summed E-state index contributed by atoms with van der Waals surface area (Å²) in [5.74, 6) is 3.21. The van der Waals surface area contributed by atoms with Gasteiger partial charge in [0.1, 0.15) is 12.2 Å². The Hall–Kier alpha value is -1.34. The van der Waals surface area contributed by atoms with E-state index < -0.39 is 0 Å². The van der Waals surface area contributed by atoms with Gasteiger partial charge >= 0.3 is 0 Å². The van der Waals surface area contributed by atoms with Gasteiger partial charge < -0.3 is 5.73 Å². The first-order chi connectivity index (χ1) is 5.34. The molecule has 0 amide bonds. The number of nitrogens with one attached hydrogen (secondary N) is 1. The van der Waals surface area contributed by atoms with Gasteiger partial charge in [-0.2, -0.15) is 5.10 Å². The second kappa shape index (κ2) is 3.74. The van der Waals surface area contributed by atoms with E-state index in [0.29, 0.717) is 12.2 Å². The smallest absolute Gasteiger partial charge is 0.141 e. The molecule has 1 heterocycles. The van der Waals surface area contributed by atoms with Crippen LogP contribution in [-0.4, -0.2) is 15.2 Å². The molecule has 1 atom stereocenters. The number of hydrogen-bond acceptors (Lipinski definition) is 3. The Morgan fingerprint density at radius 1 is 1.82 bits per heavy atom. The lowest BCUT2D eigenvalue weighted by atomic mass is 10.2. The van der Waals surface area contributed by atoms with Crippen molar-refractivity contribution in [3.05, 3.63) is 12.2 Å². The minimum absolute atomic E-state index is 0.117. The Balaban J connectivity index is 2.44. The summed E-state index contributed by atoms with van der Waals surface area (Å²) in [6, 6.07) is -0.117. The van der Waals surface area contributed by atoms with Crippen molar-refractivity contribution >= 4 is 0 Å². The summed E-state index contributed by atoms with van der Waals surface area (Å²) in [4.78, 5) is 3.91. The highest BCUT2D eigenvalue weighted by Crippen LogP contribution is 2.08. The second-order valence-electron chi connectivity index (χ2n) is 2.22. The fourth-order valence-corrected chi connectivity index (χ4v) is 0.769. The first kappa shape index (κ1) is 7.76. The van der Waals surface area contributed by atoms with Gasteiger partial charge in [-0.05, 0) is 6.42 Å². The van der Waals surface area contributed by atoms with Crippen molar-refractivity contribution in [2.45, 2.75) is 18.9 Å². The number of H-pyrrole nitrogens is 1. The van der Waals surface area contributed by atoms with Crippen molar-refractivity contribution in [3.8, 4) is 12.3 Å². The number of nitrogens with two attached hydrogens (primary N) is 1. The number of aromatic nitrogens is 3. The molecule has 0 saturated heterocycles. The van der Waals surface area contributed by atoms with Crippen LogP contribution in [-0.2, 0) is 0 Å². The van der Waals surface area contributed by atoms with E-state index in [1.165, 1.54) is 6.33 Å². The molecular weight excluding hydrogens is 140 g/mol. The molecule has 0 fully saturated rings. The van der Waals surface area contributed by atoms with E-state index in [0.717, 1.165) is 6.42 Å². The lowest BCUT2D eigenvalue weighted by Gasteiger charge is -2.03. The van der Waals surface area contributed by atoms with Crippen LogP contribution in [0.25, 0.3) is 0 Å². The normalized spacial score (nSPS) is 12.4. The fourth-order valence-electron chi connectivity index (χ4n) is 0.769. The van der Waals surface area contributed by atoms with Gasteiger partial charge in [-0.3, -0.25) is 5.10 Å². The van der Waals surface area contributed by atoms with E-state index in [-0.39, 0.29) is 6.04 Å². The Labute approximate surface area is 65.2 Å². The highest BCUT2D eigenvalue weighted by Gasteiger charge is 2.06. The zero-order valence-corrected chi connectivity index (χ0v) is 6.12. The molecule has 4 nitrogen and oxygen atoms in total. The molecule has 0 aliphatic carbocycles. The molecule has 1 rings (SSSR count). The summed E-state index contributed by atoms with van der Waals surface area (Å²) < 4.78 is 0. The maximum atomic E-state index is 5.70. The van der Waals surface area contributed by atoms with Crippen LogP contribution in [0.5, 0.6) is 0 Å². The van der Waals surface area contributed by atoms with Crippen molar-refractivity contribution in [2.75, 3.05) is 0 Å². The topological polar surface area (TPSA) is 67.6 Å². The molecule has 0 aliphatic heterocycles. The number of nitrogens with zero attached hydrogens (tertiary/aromatic N) is 2. The molecular formula is C7H10N4. The standard InChI is InChI=1S/C7H10N4/c1-2-3-4-6(8)7-9-5-10-11-7/h1,5-6H,3-4,8H2,(H,9,10,11). The van der Waals surface area contributed by atoms with E-state index in [1.807, 2.05) is 0 Å². The zero-order valence-electron chi connectivity index (χ0n) is 6.12. The Morgan fingerprint density at radius 2 is 2.64 bits per heavy atom. The molecule has 0 aliphatic rings. The molecule has 0 aromatic carbocycles. The molecule has 0 spiro atoms. The lowest BCUT2D eigenvalue weighted by Crippen LogP contribution is -2.11. The van der Waals surface area contributed by atoms with Crippen molar-refractivity contribution in [3.63, 3.8) is 0 Å². The van der Waals surface area contributed by atoms with Gasteiger partial charge in [0, 0.05) is 6.42 Å². The van der Waals surface area contributed by atoms with Crippen LogP contribution in [0.2, 0.25) is 0 Å². The minimum Gasteiger partial charge on any atom is -0.321 e. The summed E-state index contributed by atoms with van der Waals surface area (Å²) in [6.07, 6.45) is 7.92. The van der Waals surface area contributed by atoms with Gasteiger partial charge in [0.2, 0.25) is 0 Å². The van der Waals surface area contributed by atoms with Gasteiger partial charge in [0.05, 0.1) is 6.04 Å². The molecule has 4 heteroatoms. The van der Waals surface area contributed by atoms with Crippen LogP contribution in [0.3, 0.4) is 0 Å². The molecule has 3 N–H and O–H groups in total. The third-order valence-corrected chi connectivity index (χ3v) is 1.38. The number of terminal acetylenes is 1. The highest BCUT2D eigenvalue weighted by molar-refractivity contribution is 4.93. The molecule has 1 aromatic rings. The fraction of sp³-hybridized carbons (Fsp3) is 0.429. The van der Waals surface area contributed by atoms with E-state index >= 15 is 0 Å². The zero-order chi connectivity index (χ0) is 8.10. The van der Waals surface area contributed by atoms with Gasteiger partial charge in [0.25, 0.3) is 0 Å². The number of aromatic amines is 1. The van der Waals surface area contributed by atoms with E-state index in [9.17, 15) is 0 Å². The maximum absolute atomic E-state index is 5.70. The molecule has 1 aromatic heterocycles. The van der Waals surface area contributed by atoms with Crippen LogP contribution in [0, 0.1) is 12.3 Å². The predicted molar refractivity (Wildman–Crippen MR) is 41.4 cm³/mol. The van der Waals surface area contributed by atoms with Gasteiger partial charge in [-0.1, -0.05) is 0 Å².